The number of aryl methyl sites for hydroxylation is 2. The van der Waals surface area contributed by atoms with Crippen LogP contribution in [0, 0.1) is 12.8 Å². The first-order chi connectivity index (χ1) is 11.9. The van der Waals surface area contributed by atoms with E-state index in [2.05, 4.69) is 0 Å². The highest BCUT2D eigenvalue weighted by Crippen LogP contribution is 2.40. The summed E-state index contributed by atoms with van der Waals surface area (Å²) >= 11 is -1.14. The largest absolute Gasteiger partial charge is 0.593 e. The molecule has 1 unspecified atom stereocenters. The number of aromatic nitrogens is 1. The topological polar surface area (TPSA) is 57.5 Å². The van der Waals surface area contributed by atoms with E-state index in [-0.39, 0.29) is 5.56 Å². The summed E-state index contributed by atoms with van der Waals surface area (Å²) in [5.41, 5.74) is 3.55. The monoisotopic (exact) mass is 358 g/mol. The van der Waals surface area contributed by atoms with Crippen LogP contribution in [0.4, 0.5) is 0 Å². The van der Waals surface area contributed by atoms with Crippen LogP contribution in [-0.4, -0.2) is 27.1 Å². The first-order valence-corrected chi connectivity index (χ1v) is 9.65. The minimum absolute atomic E-state index is 0.00586. The number of hydrogen-bond acceptors (Lipinski definition) is 4. The molecular formula is C19H22N2O3S. The molecule has 0 N–H and O–H groups in total. The van der Waals surface area contributed by atoms with Gasteiger partial charge < -0.3 is 13.9 Å². The van der Waals surface area contributed by atoms with Crippen molar-refractivity contribution in [2.75, 3.05) is 13.7 Å². The van der Waals surface area contributed by atoms with Gasteiger partial charge in [0.1, 0.15) is 5.75 Å². The predicted molar refractivity (Wildman–Crippen MR) is 98.0 cm³/mol. The zero-order valence-electron chi connectivity index (χ0n) is 14.7. The Morgan fingerprint density at radius 1 is 1.28 bits per heavy atom. The van der Waals surface area contributed by atoms with Crippen LogP contribution in [0.5, 0.6) is 5.75 Å². The number of ether oxygens (including phenoxy) is 1. The second-order valence-corrected chi connectivity index (χ2v) is 8.63. The van der Waals surface area contributed by atoms with E-state index in [0.717, 1.165) is 33.9 Å². The molecule has 25 heavy (non-hydrogen) atoms. The Hall–Kier alpha value is -1.76. The van der Waals surface area contributed by atoms with Crippen LogP contribution in [0.2, 0.25) is 0 Å². The molecule has 1 aromatic carbocycles. The fourth-order valence-electron chi connectivity index (χ4n) is 3.22. The number of rotatable bonds is 4. The summed E-state index contributed by atoms with van der Waals surface area (Å²) in [4.78, 5) is 12.9. The zero-order chi connectivity index (χ0) is 17.7. The third kappa shape index (κ3) is 3.10. The summed E-state index contributed by atoms with van der Waals surface area (Å²) < 4.78 is 22.0. The van der Waals surface area contributed by atoms with E-state index in [1.54, 1.807) is 11.6 Å². The fraction of sp³-hybridized carbons (Fsp3) is 0.421. The first-order valence-electron chi connectivity index (χ1n) is 8.54. The SMILES string of the molecule is Cc1cc(-c2cc3c(cc2OCC2CC2)CN(C)[S+]3[O-])cn(C)c1=O. The van der Waals surface area contributed by atoms with Gasteiger partial charge >= 0.3 is 0 Å². The predicted octanol–water partition coefficient (Wildman–Crippen LogP) is 2.62. The number of pyridine rings is 1. The van der Waals surface area contributed by atoms with Crippen molar-refractivity contribution in [3.63, 3.8) is 0 Å². The van der Waals surface area contributed by atoms with Crippen molar-refractivity contribution in [2.24, 2.45) is 13.0 Å². The maximum Gasteiger partial charge on any atom is 0.253 e. The van der Waals surface area contributed by atoms with Gasteiger partial charge in [0.2, 0.25) is 0 Å². The molecule has 4 rings (SSSR count). The maximum atomic E-state index is 12.5. The average Bonchev–Trinajstić information content (AvgIpc) is 3.36. The van der Waals surface area contributed by atoms with Gasteiger partial charge in [0.25, 0.3) is 5.56 Å². The Labute approximate surface area is 150 Å². The lowest BCUT2D eigenvalue weighted by atomic mass is 10.0. The van der Waals surface area contributed by atoms with Crippen molar-refractivity contribution in [1.82, 2.24) is 8.87 Å². The van der Waals surface area contributed by atoms with Crippen molar-refractivity contribution in [3.05, 3.63) is 45.9 Å². The van der Waals surface area contributed by atoms with E-state index in [1.807, 2.05) is 42.7 Å². The van der Waals surface area contributed by atoms with E-state index in [1.165, 1.54) is 12.8 Å². The van der Waals surface area contributed by atoms with Gasteiger partial charge in [0.15, 0.2) is 4.90 Å². The van der Waals surface area contributed by atoms with Gasteiger partial charge in [-0.3, -0.25) is 4.79 Å². The molecule has 1 fully saturated rings. The van der Waals surface area contributed by atoms with E-state index in [4.69, 9.17) is 4.74 Å². The van der Waals surface area contributed by atoms with Crippen LogP contribution in [0.25, 0.3) is 11.1 Å². The molecule has 6 heteroatoms. The van der Waals surface area contributed by atoms with Gasteiger partial charge in [0, 0.05) is 48.6 Å². The van der Waals surface area contributed by atoms with Crippen LogP contribution in [0.15, 0.2) is 34.1 Å². The second kappa shape index (κ2) is 6.20. The molecule has 0 saturated heterocycles. The quantitative estimate of drug-likeness (QED) is 0.789. The van der Waals surface area contributed by atoms with Gasteiger partial charge in [-0.15, -0.1) is 4.31 Å². The summed E-state index contributed by atoms with van der Waals surface area (Å²) in [7, 11) is 3.61. The maximum absolute atomic E-state index is 12.5. The molecule has 0 spiro atoms. The molecule has 2 aliphatic rings. The van der Waals surface area contributed by atoms with Crippen molar-refractivity contribution >= 4 is 11.4 Å². The molecule has 1 aliphatic heterocycles. The molecule has 5 nitrogen and oxygen atoms in total. The number of benzene rings is 1. The lowest BCUT2D eigenvalue weighted by Crippen LogP contribution is -2.19. The van der Waals surface area contributed by atoms with E-state index < -0.39 is 11.4 Å². The zero-order valence-corrected chi connectivity index (χ0v) is 15.6. The van der Waals surface area contributed by atoms with Crippen LogP contribution < -0.4 is 10.3 Å². The van der Waals surface area contributed by atoms with Gasteiger partial charge in [-0.1, -0.05) is 0 Å². The van der Waals surface area contributed by atoms with Gasteiger partial charge in [-0.25, -0.2) is 0 Å². The lowest BCUT2D eigenvalue weighted by molar-refractivity contribution is 0.300. The first kappa shape index (κ1) is 16.7. The third-order valence-electron chi connectivity index (χ3n) is 4.87. The minimum atomic E-state index is -1.14. The lowest BCUT2D eigenvalue weighted by Gasteiger charge is -2.15. The highest BCUT2D eigenvalue weighted by Gasteiger charge is 2.33. The van der Waals surface area contributed by atoms with Gasteiger partial charge in [0.05, 0.1) is 24.5 Å². The Morgan fingerprint density at radius 2 is 2.04 bits per heavy atom. The Balaban J connectivity index is 1.82. The highest BCUT2D eigenvalue weighted by molar-refractivity contribution is 7.89. The van der Waals surface area contributed by atoms with Crippen LogP contribution in [0.3, 0.4) is 0 Å². The van der Waals surface area contributed by atoms with Crippen molar-refractivity contribution in [3.8, 4) is 16.9 Å². The summed E-state index contributed by atoms with van der Waals surface area (Å²) in [5, 5.41) is 0. The Morgan fingerprint density at radius 3 is 2.72 bits per heavy atom. The van der Waals surface area contributed by atoms with Crippen molar-refractivity contribution < 1.29 is 9.29 Å². The Bertz CT molecular complexity index is 863. The summed E-state index contributed by atoms with van der Waals surface area (Å²) in [6, 6.07) is 5.88. The smallest absolute Gasteiger partial charge is 0.253 e. The number of nitrogens with zero attached hydrogens (tertiary/aromatic N) is 2. The molecule has 1 aromatic heterocycles. The van der Waals surface area contributed by atoms with E-state index in [0.29, 0.717) is 18.0 Å². The van der Waals surface area contributed by atoms with E-state index in [9.17, 15) is 9.35 Å². The van der Waals surface area contributed by atoms with Crippen LogP contribution in [0.1, 0.15) is 24.0 Å². The molecule has 0 amide bonds. The average molecular weight is 358 g/mol. The molecule has 0 radical (unpaired) electrons. The van der Waals surface area contributed by atoms with Crippen molar-refractivity contribution in [1.29, 1.82) is 0 Å². The molecular weight excluding hydrogens is 336 g/mol. The number of fused-ring (bicyclic) bond motifs is 1. The molecule has 2 aromatic rings. The second-order valence-electron chi connectivity index (χ2n) is 7.07. The van der Waals surface area contributed by atoms with Gasteiger partial charge in [-0.05, 0) is 37.8 Å². The fourth-order valence-corrected chi connectivity index (χ4v) is 4.38. The normalized spacial score (nSPS) is 19.9. The van der Waals surface area contributed by atoms with Crippen molar-refractivity contribution in [2.45, 2.75) is 31.2 Å². The molecule has 2 heterocycles. The third-order valence-corrected chi connectivity index (χ3v) is 6.32. The molecule has 1 saturated carbocycles. The van der Waals surface area contributed by atoms with Gasteiger partial charge in [-0.2, -0.15) is 0 Å². The molecule has 1 aliphatic carbocycles. The number of hydrogen-bond donors (Lipinski definition) is 0. The molecule has 132 valence electrons. The molecule has 0 bridgehead atoms. The van der Waals surface area contributed by atoms with Crippen LogP contribution in [-0.2, 0) is 25.0 Å². The summed E-state index contributed by atoms with van der Waals surface area (Å²) in [5.74, 6) is 1.47. The van der Waals surface area contributed by atoms with Crippen LogP contribution >= 0.6 is 0 Å². The standard InChI is InChI=1S/C19H22N2O3S/c1-12-6-14(9-20(2)19(12)22)16-8-18-15(10-21(3)25(18)23)7-17(16)24-11-13-4-5-13/h6-9,13H,4-5,10-11H2,1-3H3. The summed E-state index contributed by atoms with van der Waals surface area (Å²) in [6.07, 6.45) is 4.28. The molecule has 1 atom stereocenters. The highest BCUT2D eigenvalue weighted by atomic mass is 32.2. The minimum Gasteiger partial charge on any atom is -0.593 e. The Kier molecular flexibility index (Phi) is 4.14. The summed E-state index contributed by atoms with van der Waals surface area (Å²) in [6.45, 7) is 3.19. The van der Waals surface area contributed by atoms with E-state index >= 15 is 0 Å².